The minimum atomic E-state index is -5.61. The lowest BCUT2D eigenvalue weighted by Crippen LogP contribution is -2.70. The summed E-state index contributed by atoms with van der Waals surface area (Å²) < 4.78 is 235. The Hall–Kier alpha value is -2.96. The molecule has 17 N–H and O–H groups in total. The maximum absolute atomic E-state index is 12.8. The van der Waals surface area contributed by atoms with Crippen LogP contribution in [0.3, 0.4) is 0 Å². The molecular formula is C36H61N3O41S5. The molecule has 49 heteroatoms. The van der Waals surface area contributed by atoms with Crippen LogP contribution in [0.4, 0.5) is 0 Å². The summed E-state index contributed by atoms with van der Waals surface area (Å²) in [4.78, 5) is 37.1. The van der Waals surface area contributed by atoms with Gasteiger partial charge in [0.15, 0.2) is 31.5 Å². The summed E-state index contributed by atoms with van der Waals surface area (Å²) in [5, 5.41) is 109. The summed E-state index contributed by atoms with van der Waals surface area (Å²) in [7, 11) is -27.2. The van der Waals surface area contributed by atoms with Crippen molar-refractivity contribution >= 4 is 69.7 Å². The Morgan fingerprint density at radius 3 is 0.929 bits per heavy atom. The fourth-order valence-corrected chi connectivity index (χ4v) is 10.5. The summed E-state index contributed by atoms with van der Waals surface area (Å²) in [6, 6.07) is -6.11. The van der Waals surface area contributed by atoms with Crippen LogP contribution in [-0.4, -0.2) is 315 Å². The SMILES string of the molecule is CC(=O)N[C@@H]1[C@@H](O)[C@H](O[C@@H]2O[C@H](COS(=O)(=O)O)[C@H](O)[C@H](O[C@@H]3O[C@H](COS(=O)(=O)O)[C@@H](O[C@@H]4O[C@H](COS(=O)(=O)O)[C@H](O)[C@H](O[C@@H]5O[C@H](COS(=O)(=O)O)[C@@H](O)[C@H](O)[C@H]5NC(C)=O)[C@H]4O)[C@H](O)[C@H]3NC(C)=O)[C@H]2O)[C@@H](COS(=O)(=O)O)O[C@H]1O. The van der Waals surface area contributed by atoms with Gasteiger partial charge in [-0.15, -0.1) is 0 Å². The van der Waals surface area contributed by atoms with Crippen LogP contribution < -0.4 is 16.0 Å². The monoisotopic (exact) mass is 1350 g/mol. The smallest absolute Gasteiger partial charge is 0.388 e. The van der Waals surface area contributed by atoms with E-state index in [2.05, 4.69) is 36.9 Å². The molecule has 0 aliphatic carbocycles. The molecule has 0 spiro atoms. The van der Waals surface area contributed by atoms with Crippen LogP contribution in [-0.2, 0) is 130 Å². The fourth-order valence-electron chi connectivity index (χ4n) is 8.94. The second kappa shape index (κ2) is 29.3. The minimum absolute atomic E-state index is 0.775. The molecule has 3 amide bonds. The quantitative estimate of drug-likeness (QED) is 0.0358. The summed E-state index contributed by atoms with van der Waals surface area (Å²) >= 11 is 0. The number of hydrogen-bond donors (Lipinski definition) is 17. The van der Waals surface area contributed by atoms with E-state index in [-0.39, 0.29) is 0 Å². The van der Waals surface area contributed by atoms with E-state index in [1.165, 1.54) is 0 Å². The minimum Gasteiger partial charge on any atom is -0.388 e. The van der Waals surface area contributed by atoms with Gasteiger partial charge in [0, 0.05) is 20.8 Å². The summed E-state index contributed by atoms with van der Waals surface area (Å²) in [5.74, 6) is -3.08. The van der Waals surface area contributed by atoms with Crippen molar-refractivity contribution in [3.63, 3.8) is 0 Å². The first kappa shape index (κ1) is 72.8. The normalized spacial score (nSPS) is 39.8. The first-order chi connectivity index (χ1) is 38.9. The van der Waals surface area contributed by atoms with E-state index in [1.807, 2.05) is 0 Å². The lowest BCUT2D eigenvalue weighted by molar-refractivity contribution is -0.381. The van der Waals surface area contributed by atoms with Crippen LogP contribution in [0.2, 0.25) is 0 Å². The number of carbonyl (C=O) groups excluding carboxylic acids is 3. The molecule has 496 valence electrons. The molecule has 85 heavy (non-hydrogen) atoms. The molecule has 5 saturated heterocycles. The van der Waals surface area contributed by atoms with Crippen molar-refractivity contribution in [3.8, 4) is 0 Å². The van der Waals surface area contributed by atoms with Gasteiger partial charge in [-0.05, 0) is 0 Å². The number of hydrogen-bond acceptors (Lipinski definition) is 36. The van der Waals surface area contributed by atoms with Crippen LogP contribution in [0, 0.1) is 0 Å². The van der Waals surface area contributed by atoms with Crippen molar-refractivity contribution in [1.29, 1.82) is 0 Å². The van der Waals surface area contributed by atoms with Crippen LogP contribution in [0.15, 0.2) is 0 Å². The zero-order valence-electron chi connectivity index (χ0n) is 43.3. The van der Waals surface area contributed by atoms with Crippen molar-refractivity contribution in [3.05, 3.63) is 0 Å². The van der Waals surface area contributed by atoms with E-state index < -0.39 is 256 Å². The molecule has 0 aromatic heterocycles. The lowest BCUT2D eigenvalue weighted by Gasteiger charge is -2.50. The third kappa shape index (κ3) is 21.1. The molecule has 5 heterocycles. The molecule has 0 aromatic carbocycles. The van der Waals surface area contributed by atoms with Crippen molar-refractivity contribution in [2.24, 2.45) is 0 Å². The third-order valence-corrected chi connectivity index (χ3v) is 14.7. The molecule has 5 rings (SSSR count). The molecule has 25 atom stereocenters. The Morgan fingerprint density at radius 2 is 0.588 bits per heavy atom. The Bertz CT molecular complexity index is 2860. The largest absolute Gasteiger partial charge is 0.397 e. The van der Waals surface area contributed by atoms with E-state index in [9.17, 15) is 121 Å². The van der Waals surface area contributed by atoms with Gasteiger partial charge in [-0.3, -0.25) is 37.1 Å². The Labute approximate surface area is 480 Å². The van der Waals surface area contributed by atoms with E-state index >= 15 is 0 Å². The highest BCUT2D eigenvalue weighted by Crippen LogP contribution is 2.37. The predicted molar refractivity (Wildman–Crippen MR) is 253 cm³/mol. The van der Waals surface area contributed by atoms with Crippen molar-refractivity contribution in [2.45, 2.75) is 174 Å². The number of nitrogens with one attached hydrogen (secondary N) is 3. The predicted octanol–water partition coefficient (Wildman–Crippen LogP) is -12.4. The van der Waals surface area contributed by atoms with Crippen molar-refractivity contribution in [2.75, 3.05) is 33.0 Å². The van der Waals surface area contributed by atoms with Gasteiger partial charge in [-0.1, -0.05) is 0 Å². The molecule has 0 saturated carbocycles. The van der Waals surface area contributed by atoms with Crippen LogP contribution >= 0.6 is 0 Å². The molecule has 44 nitrogen and oxygen atoms in total. The standard InChI is InChI=1S/C36H61N3O41S5/c1-9(40)37-17-24(47)28(15(72-32(17)51)7-70-84(61,62)63)77-35-27(50)31(22(45)14(74-35)6-69-83(58,59)60)80-34-19(39-11(3)42)25(48)29(16(76-34)8-71-85(64,65)66)78-36-26(49)30(21(44)13(75-36)5-68-82(55,56)57)79-33-18(38-10(2)41)23(46)20(43)12(73-33)4-67-81(52,53)54/h12-36,43-51H,4-8H2,1-3H3,(H,37,40)(H,38,41)(H,39,42)(H,52,53,54)(H,55,56,57)(H,58,59,60)(H,61,62,63)(H,64,65,66)/t12-,13-,14-,15-,16-,17-,18-,19-,20-,21+,22+,23-,24-,25-,26-,27-,28-,29-,30+,31+,32-,33+,34+,35+,36+/m1/s1. The summed E-state index contributed by atoms with van der Waals surface area (Å²) in [6.07, 6.45) is -52.2. The average Bonchev–Trinajstić information content (AvgIpc) is 2.34. The van der Waals surface area contributed by atoms with E-state index in [4.69, 9.17) is 47.2 Å². The van der Waals surface area contributed by atoms with Gasteiger partial charge in [-0.25, -0.2) is 20.9 Å². The highest BCUT2D eigenvalue weighted by molar-refractivity contribution is 7.81. The second-order valence-corrected chi connectivity index (χ2v) is 24.3. The molecule has 0 bridgehead atoms. The second-order valence-electron chi connectivity index (χ2n) is 18.8. The highest BCUT2D eigenvalue weighted by Gasteiger charge is 2.58. The van der Waals surface area contributed by atoms with Crippen molar-refractivity contribution < 1.29 is 189 Å². The van der Waals surface area contributed by atoms with Gasteiger partial charge in [0.05, 0.1) is 33.0 Å². The first-order valence-corrected chi connectivity index (χ1v) is 30.7. The van der Waals surface area contributed by atoms with E-state index in [1.54, 1.807) is 0 Å². The molecule has 5 aliphatic heterocycles. The average molecular weight is 1350 g/mol. The zero-order chi connectivity index (χ0) is 64.2. The van der Waals surface area contributed by atoms with Gasteiger partial charge in [0.25, 0.3) is 0 Å². The zero-order valence-corrected chi connectivity index (χ0v) is 47.4. The Morgan fingerprint density at radius 1 is 0.329 bits per heavy atom. The van der Waals surface area contributed by atoms with Gasteiger partial charge >= 0.3 is 52.0 Å². The number of ether oxygens (including phenoxy) is 9. The number of amides is 3. The maximum Gasteiger partial charge on any atom is 0.397 e. The molecule has 5 aliphatic rings. The number of rotatable bonds is 26. The third-order valence-electron chi connectivity index (χ3n) is 12.5. The topological polar surface area (TPSA) is 670 Å². The van der Waals surface area contributed by atoms with Gasteiger partial charge < -0.3 is 105 Å². The van der Waals surface area contributed by atoms with Crippen LogP contribution in [0.1, 0.15) is 20.8 Å². The van der Waals surface area contributed by atoms with Crippen molar-refractivity contribution in [1.82, 2.24) is 16.0 Å². The van der Waals surface area contributed by atoms with E-state index in [0.29, 0.717) is 0 Å². The molecule has 5 fully saturated rings. The molecule has 0 unspecified atom stereocenters. The Kier molecular flexibility index (Phi) is 25.1. The molecular weight excluding hydrogens is 1290 g/mol. The van der Waals surface area contributed by atoms with Crippen LogP contribution in [0.5, 0.6) is 0 Å². The maximum atomic E-state index is 12.8. The lowest BCUT2D eigenvalue weighted by atomic mass is 9.94. The number of carbonyl (C=O) groups is 3. The van der Waals surface area contributed by atoms with Gasteiger partial charge in [0.2, 0.25) is 17.7 Å². The van der Waals surface area contributed by atoms with Gasteiger partial charge in [-0.2, -0.15) is 42.1 Å². The van der Waals surface area contributed by atoms with E-state index in [0.717, 1.165) is 20.8 Å². The molecule has 0 aromatic rings. The number of aliphatic hydroxyl groups is 9. The summed E-state index contributed by atoms with van der Waals surface area (Å²) in [6.45, 7) is -4.62. The Balaban J connectivity index is 1.55. The van der Waals surface area contributed by atoms with Gasteiger partial charge in [0.1, 0.15) is 122 Å². The first-order valence-electron chi connectivity index (χ1n) is 23.9. The highest BCUT2D eigenvalue weighted by atomic mass is 32.3. The fraction of sp³-hybridized carbons (Fsp3) is 0.917. The number of aliphatic hydroxyl groups excluding tert-OH is 9. The summed E-state index contributed by atoms with van der Waals surface area (Å²) in [5.41, 5.74) is 0. The molecule has 0 radical (unpaired) electrons. The van der Waals surface area contributed by atoms with Crippen LogP contribution in [0.25, 0.3) is 0 Å².